The smallest absolute Gasteiger partial charge is 0.270 e. The summed E-state index contributed by atoms with van der Waals surface area (Å²) in [6.45, 7) is 0.943. The van der Waals surface area contributed by atoms with E-state index in [1.54, 1.807) is 36.2 Å². The highest BCUT2D eigenvalue weighted by Gasteiger charge is 2.29. The van der Waals surface area contributed by atoms with E-state index in [0.717, 1.165) is 0 Å². The van der Waals surface area contributed by atoms with Crippen molar-refractivity contribution in [2.24, 2.45) is 0 Å². The maximum Gasteiger partial charge on any atom is 0.270 e. The van der Waals surface area contributed by atoms with Crippen molar-refractivity contribution < 1.29 is 14.0 Å². The second-order valence-corrected chi connectivity index (χ2v) is 6.50. The van der Waals surface area contributed by atoms with Crippen LogP contribution in [0.5, 0.6) is 0 Å². The third kappa shape index (κ3) is 3.21. The summed E-state index contributed by atoms with van der Waals surface area (Å²) in [5.41, 5.74) is 2.23. The normalized spacial score (nSPS) is 16.3. The molecule has 4 rings (SSSR count). The summed E-state index contributed by atoms with van der Waals surface area (Å²) in [6.07, 6.45) is 1.86. The van der Waals surface area contributed by atoms with Crippen molar-refractivity contribution in [3.8, 4) is 11.3 Å². The zero-order chi connectivity index (χ0) is 19.0. The Morgan fingerprint density at radius 1 is 1.33 bits per heavy atom. The lowest BCUT2D eigenvalue weighted by atomic mass is 10.1. The molecule has 1 aromatic carbocycles. The van der Waals surface area contributed by atoms with Gasteiger partial charge in [0.25, 0.3) is 11.8 Å². The fraction of sp³-hybridized carbons (Fsp3) is 0.211. The molecule has 138 valence electrons. The predicted molar refractivity (Wildman–Crippen MR) is 96.6 cm³/mol. The number of H-pyrrole nitrogens is 1. The Hall–Kier alpha value is -3.42. The van der Waals surface area contributed by atoms with Crippen molar-refractivity contribution in [1.82, 2.24) is 25.0 Å². The maximum absolute atomic E-state index is 13.0. The molecule has 1 aliphatic heterocycles. The lowest BCUT2D eigenvalue weighted by molar-refractivity contribution is 0.0645. The fourth-order valence-electron chi connectivity index (χ4n) is 3.18. The van der Waals surface area contributed by atoms with Crippen LogP contribution in [0.1, 0.15) is 21.0 Å². The second-order valence-electron chi connectivity index (χ2n) is 6.50. The van der Waals surface area contributed by atoms with Crippen molar-refractivity contribution in [2.45, 2.75) is 12.6 Å². The molecule has 3 aromatic rings. The number of benzene rings is 1. The molecule has 1 atom stereocenters. The number of aromatic amines is 1. The van der Waals surface area contributed by atoms with Gasteiger partial charge < -0.3 is 14.8 Å². The fourth-order valence-corrected chi connectivity index (χ4v) is 3.18. The first kappa shape index (κ1) is 17.0. The maximum atomic E-state index is 13.0. The lowest BCUT2D eigenvalue weighted by Gasteiger charge is -2.33. The topological polar surface area (TPSA) is 83.0 Å². The third-order valence-electron chi connectivity index (χ3n) is 4.78. The van der Waals surface area contributed by atoms with E-state index >= 15 is 0 Å². The van der Waals surface area contributed by atoms with Crippen LogP contribution in [-0.2, 0) is 6.54 Å². The van der Waals surface area contributed by atoms with Crippen LogP contribution >= 0.6 is 0 Å². The Morgan fingerprint density at radius 2 is 2.11 bits per heavy atom. The van der Waals surface area contributed by atoms with Crippen LogP contribution in [-0.4, -0.2) is 51.1 Å². The van der Waals surface area contributed by atoms with E-state index < -0.39 is 0 Å². The van der Waals surface area contributed by atoms with Crippen LogP contribution in [0.3, 0.4) is 0 Å². The molecule has 0 fully saturated rings. The molecule has 27 heavy (non-hydrogen) atoms. The van der Waals surface area contributed by atoms with Crippen molar-refractivity contribution in [1.29, 1.82) is 0 Å². The van der Waals surface area contributed by atoms with E-state index in [2.05, 4.69) is 15.5 Å². The van der Waals surface area contributed by atoms with Gasteiger partial charge >= 0.3 is 0 Å². The zero-order valence-electron chi connectivity index (χ0n) is 14.6. The molecule has 0 radical (unpaired) electrons. The van der Waals surface area contributed by atoms with Crippen LogP contribution in [0, 0.1) is 5.82 Å². The van der Waals surface area contributed by atoms with Crippen molar-refractivity contribution in [3.63, 3.8) is 0 Å². The van der Waals surface area contributed by atoms with Crippen molar-refractivity contribution in [2.75, 3.05) is 13.6 Å². The molecule has 1 aliphatic rings. The largest absolute Gasteiger partial charge is 0.349 e. The number of nitrogens with one attached hydrogen (secondary N) is 2. The summed E-state index contributed by atoms with van der Waals surface area (Å²) in [7, 11) is 1.73. The van der Waals surface area contributed by atoms with Crippen LogP contribution in [0.15, 0.2) is 48.7 Å². The number of amides is 2. The Morgan fingerprint density at radius 3 is 2.89 bits per heavy atom. The highest BCUT2D eigenvalue weighted by atomic mass is 19.1. The molecule has 2 N–H and O–H groups in total. The summed E-state index contributed by atoms with van der Waals surface area (Å²) in [6, 6.07) is 11.0. The van der Waals surface area contributed by atoms with E-state index in [-0.39, 0.29) is 23.7 Å². The lowest BCUT2D eigenvalue weighted by Crippen LogP contribution is -2.50. The van der Waals surface area contributed by atoms with Gasteiger partial charge in [0, 0.05) is 31.9 Å². The van der Waals surface area contributed by atoms with Gasteiger partial charge in [0.15, 0.2) is 0 Å². The van der Waals surface area contributed by atoms with E-state index in [1.807, 2.05) is 16.8 Å². The first-order chi connectivity index (χ1) is 13.0. The molecule has 2 aromatic heterocycles. The van der Waals surface area contributed by atoms with Gasteiger partial charge in [-0.15, -0.1) is 0 Å². The molecule has 1 unspecified atom stereocenters. The average molecular weight is 367 g/mol. The highest BCUT2D eigenvalue weighted by molar-refractivity contribution is 5.94. The number of fused-ring (bicyclic) bond motifs is 1. The van der Waals surface area contributed by atoms with Gasteiger partial charge in [-0.05, 0) is 42.5 Å². The van der Waals surface area contributed by atoms with E-state index in [0.29, 0.717) is 35.7 Å². The van der Waals surface area contributed by atoms with Gasteiger partial charge in [-0.1, -0.05) is 0 Å². The summed E-state index contributed by atoms with van der Waals surface area (Å²) in [5.74, 6) is -0.704. The van der Waals surface area contributed by atoms with Crippen molar-refractivity contribution >= 4 is 11.8 Å². The van der Waals surface area contributed by atoms with Gasteiger partial charge in [-0.25, -0.2) is 4.39 Å². The minimum absolute atomic E-state index is 0.0642. The predicted octanol–water partition coefficient (Wildman–Crippen LogP) is 1.90. The second kappa shape index (κ2) is 6.71. The van der Waals surface area contributed by atoms with E-state index in [1.165, 1.54) is 12.1 Å². The average Bonchev–Trinajstić information content (AvgIpc) is 3.33. The number of likely N-dealkylation sites (N-methyl/N-ethyl adjacent to an activating group) is 1. The van der Waals surface area contributed by atoms with E-state index in [9.17, 15) is 14.0 Å². The van der Waals surface area contributed by atoms with Gasteiger partial charge in [0.2, 0.25) is 0 Å². The van der Waals surface area contributed by atoms with Gasteiger partial charge in [-0.3, -0.25) is 14.7 Å². The molecular weight excluding hydrogens is 349 g/mol. The molecule has 8 heteroatoms. The van der Waals surface area contributed by atoms with Gasteiger partial charge in [0.05, 0.1) is 11.7 Å². The summed E-state index contributed by atoms with van der Waals surface area (Å²) < 4.78 is 14.9. The highest BCUT2D eigenvalue weighted by Crippen LogP contribution is 2.19. The Balaban J connectivity index is 1.42. The number of halogens is 1. The Kier molecular flexibility index (Phi) is 4.23. The quantitative estimate of drug-likeness (QED) is 0.739. The third-order valence-corrected chi connectivity index (χ3v) is 4.78. The molecule has 2 amide bonds. The Bertz CT molecular complexity index is 992. The van der Waals surface area contributed by atoms with Gasteiger partial charge in [0.1, 0.15) is 17.2 Å². The monoisotopic (exact) mass is 367 g/mol. The molecule has 7 nitrogen and oxygen atoms in total. The number of hydrogen-bond acceptors (Lipinski definition) is 3. The standard InChI is InChI=1S/C19H18FN5O2/c1-24-14(11-25-8-2-3-17(25)19(24)27)10-21-18(26)16-9-15(22-23-16)12-4-6-13(20)7-5-12/h2-9,14H,10-11H2,1H3,(H,21,26)(H,22,23). The molecule has 0 saturated carbocycles. The van der Waals surface area contributed by atoms with Crippen molar-refractivity contribution in [3.05, 3.63) is 65.9 Å². The minimum atomic E-state index is -0.329. The number of nitrogens with zero attached hydrogens (tertiary/aromatic N) is 3. The van der Waals surface area contributed by atoms with E-state index in [4.69, 9.17) is 0 Å². The molecule has 0 spiro atoms. The summed E-state index contributed by atoms with van der Waals surface area (Å²) >= 11 is 0. The first-order valence-corrected chi connectivity index (χ1v) is 8.55. The first-order valence-electron chi connectivity index (χ1n) is 8.55. The van der Waals surface area contributed by atoms with Gasteiger partial charge in [-0.2, -0.15) is 5.10 Å². The number of carbonyl (C=O) groups is 2. The molecule has 0 saturated heterocycles. The Labute approximate surface area is 154 Å². The van der Waals surface area contributed by atoms with Crippen LogP contribution in [0.25, 0.3) is 11.3 Å². The summed E-state index contributed by atoms with van der Waals surface area (Å²) in [5, 5.41) is 9.64. The number of aromatic nitrogens is 3. The van der Waals surface area contributed by atoms with Crippen LogP contribution in [0.2, 0.25) is 0 Å². The summed E-state index contributed by atoms with van der Waals surface area (Å²) in [4.78, 5) is 26.4. The number of hydrogen-bond donors (Lipinski definition) is 2. The van der Waals surface area contributed by atoms with Crippen LogP contribution in [0.4, 0.5) is 4.39 Å². The molecule has 3 heterocycles. The molecule has 0 bridgehead atoms. The molecule has 0 aliphatic carbocycles. The number of carbonyl (C=O) groups excluding carboxylic acids is 2. The zero-order valence-corrected chi connectivity index (χ0v) is 14.6. The minimum Gasteiger partial charge on any atom is -0.349 e. The number of rotatable bonds is 4. The SMILES string of the molecule is CN1C(=O)c2cccn2CC1CNC(=O)c1cc(-c2ccc(F)cc2)n[nH]1. The molecular formula is C19H18FN5O2. The van der Waals surface area contributed by atoms with Crippen LogP contribution < -0.4 is 5.32 Å².